The number of Topliss-reactive ketones (excluding diaryl/α,β-unsaturated/α-hetero) is 1. The second-order valence-electron chi connectivity index (χ2n) is 7.68. The number of halogens is 3. The molecule has 166 valence electrons. The van der Waals surface area contributed by atoms with Crippen molar-refractivity contribution in [3.05, 3.63) is 64.7 Å². The molecule has 3 N–H and O–H groups in total. The number of ketones is 1. The molecule has 1 amide bonds. The fourth-order valence-corrected chi connectivity index (χ4v) is 3.83. The number of carbonyl (C=O) groups excluding carboxylic acids is 2. The largest absolute Gasteiger partial charge is 0.416 e. The van der Waals surface area contributed by atoms with Gasteiger partial charge in [-0.2, -0.15) is 18.3 Å². The van der Waals surface area contributed by atoms with Crippen molar-refractivity contribution in [3.8, 4) is 0 Å². The molecule has 4 rings (SSSR count). The molecule has 3 aromatic rings. The lowest BCUT2D eigenvalue weighted by molar-refractivity contribution is -0.137. The van der Waals surface area contributed by atoms with Gasteiger partial charge in [0.05, 0.1) is 29.4 Å². The van der Waals surface area contributed by atoms with E-state index in [0.717, 1.165) is 12.1 Å². The number of nitrogens with zero attached hydrogens (tertiary/aromatic N) is 4. The molecule has 0 radical (unpaired) electrons. The molecule has 1 aliphatic heterocycles. The van der Waals surface area contributed by atoms with Gasteiger partial charge in [-0.1, -0.05) is 12.1 Å². The third kappa shape index (κ3) is 3.93. The quantitative estimate of drug-likeness (QED) is 0.635. The first-order valence-electron chi connectivity index (χ1n) is 9.76. The number of nitrogens with one attached hydrogen (secondary N) is 1. The van der Waals surface area contributed by atoms with Gasteiger partial charge >= 0.3 is 6.18 Å². The number of fused-ring (bicyclic) bond motifs is 1. The third-order valence-corrected chi connectivity index (χ3v) is 5.33. The van der Waals surface area contributed by atoms with E-state index in [-0.39, 0.29) is 34.8 Å². The average Bonchev–Trinajstić information content (AvgIpc) is 3.14. The van der Waals surface area contributed by atoms with Crippen LogP contribution in [0, 0.1) is 6.92 Å². The number of carbonyl (C=O) groups is 2. The SMILES string of the molecule is Cc1cc(C(=O)Nc2cnn3c2C(=O)C(c2ccc(C(F)(F)F)cc2)C[C@@H]3C)nc(N)n1. The molecule has 0 saturated carbocycles. The van der Waals surface area contributed by atoms with Gasteiger partial charge in [0.25, 0.3) is 5.91 Å². The van der Waals surface area contributed by atoms with Gasteiger partial charge in [0.2, 0.25) is 5.95 Å². The highest BCUT2D eigenvalue weighted by atomic mass is 19.4. The lowest BCUT2D eigenvalue weighted by Gasteiger charge is -2.28. The van der Waals surface area contributed by atoms with Gasteiger partial charge in [0.15, 0.2) is 5.78 Å². The number of nitrogen functional groups attached to an aromatic ring is 1. The molecule has 0 fully saturated rings. The maximum Gasteiger partial charge on any atom is 0.416 e. The topological polar surface area (TPSA) is 116 Å². The predicted molar refractivity (Wildman–Crippen MR) is 109 cm³/mol. The van der Waals surface area contributed by atoms with Crippen molar-refractivity contribution in [2.45, 2.75) is 38.4 Å². The zero-order valence-corrected chi connectivity index (χ0v) is 17.1. The van der Waals surface area contributed by atoms with Crippen LogP contribution >= 0.6 is 0 Å². The first kappa shape index (κ1) is 21.5. The Kier molecular flexibility index (Phi) is 5.19. The number of benzene rings is 1. The van der Waals surface area contributed by atoms with Gasteiger partial charge in [-0.3, -0.25) is 14.3 Å². The molecule has 0 aliphatic carbocycles. The van der Waals surface area contributed by atoms with E-state index in [1.165, 1.54) is 29.1 Å². The molecule has 1 unspecified atom stereocenters. The van der Waals surface area contributed by atoms with E-state index in [4.69, 9.17) is 5.73 Å². The van der Waals surface area contributed by atoms with Crippen LogP contribution in [-0.2, 0) is 6.18 Å². The van der Waals surface area contributed by atoms with E-state index in [1.54, 1.807) is 6.92 Å². The van der Waals surface area contributed by atoms with Crippen LogP contribution in [0.2, 0.25) is 0 Å². The summed E-state index contributed by atoms with van der Waals surface area (Å²) < 4.78 is 40.2. The maximum absolute atomic E-state index is 13.3. The Balaban J connectivity index is 1.64. The third-order valence-electron chi connectivity index (χ3n) is 5.33. The molecule has 3 heterocycles. The summed E-state index contributed by atoms with van der Waals surface area (Å²) in [5.41, 5.74) is 6.20. The summed E-state index contributed by atoms with van der Waals surface area (Å²) in [5, 5.41) is 6.85. The highest BCUT2D eigenvalue weighted by Crippen LogP contribution is 2.39. The number of hydrogen-bond donors (Lipinski definition) is 2. The Hall–Kier alpha value is -3.76. The van der Waals surface area contributed by atoms with Crippen molar-refractivity contribution < 1.29 is 22.8 Å². The van der Waals surface area contributed by atoms with Gasteiger partial charge in [-0.05, 0) is 44.0 Å². The van der Waals surface area contributed by atoms with E-state index >= 15 is 0 Å². The molecule has 1 aliphatic rings. The van der Waals surface area contributed by atoms with Crippen molar-refractivity contribution in [3.63, 3.8) is 0 Å². The van der Waals surface area contributed by atoms with Crippen molar-refractivity contribution in [2.24, 2.45) is 0 Å². The normalized spacial score (nSPS) is 18.3. The van der Waals surface area contributed by atoms with Gasteiger partial charge in [0, 0.05) is 5.69 Å². The fraction of sp³-hybridized carbons (Fsp3) is 0.286. The first-order valence-corrected chi connectivity index (χ1v) is 9.76. The van der Waals surface area contributed by atoms with Crippen molar-refractivity contribution in [1.82, 2.24) is 19.7 Å². The number of alkyl halides is 3. The number of rotatable bonds is 3. The minimum Gasteiger partial charge on any atom is -0.368 e. The van der Waals surface area contributed by atoms with E-state index in [2.05, 4.69) is 20.4 Å². The fourth-order valence-electron chi connectivity index (χ4n) is 3.83. The van der Waals surface area contributed by atoms with Crippen LogP contribution in [0.15, 0.2) is 36.5 Å². The second-order valence-corrected chi connectivity index (χ2v) is 7.68. The van der Waals surface area contributed by atoms with Crippen LogP contribution < -0.4 is 11.1 Å². The van der Waals surface area contributed by atoms with E-state index in [1.807, 2.05) is 6.92 Å². The number of nitrogens with two attached hydrogens (primary N) is 1. The number of anilines is 2. The summed E-state index contributed by atoms with van der Waals surface area (Å²) in [6.07, 6.45) is -2.72. The Labute approximate surface area is 180 Å². The highest BCUT2D eigenvalue weighted by Gasteiger charge is 2.37. The molecule has 0 bridgehead atoms. The smallest absolute Gasteiger partial charge is 0.368 e. The van der Waals surface area contributed by atoms with Gasteiger partial charge < -0.3 is 11.1 Å². The molecule has 11 heteroatoms. The summed E-state index contributed by atoms with van der Waals surface area (Å²) in [4.78, 5) is 33.8. The molecule has 8 nitrogen and oxygen atoms in total. The highest BCUT2D eigenvalue weighted by molar-refractivity contribution is 6.10. The van der Waals surface area contributed by atoms with Crippen molar-refractivity contribution >= 4 is 23.3 Å². The Morgan fingerprint density at radius 3 is 2.53 bits per heavy atom. The zero-order valence-electron chi connectivity index (χ0n) is 17.1. The van der Waals surface area contributed by atoms with Crippen LogP contribution in [0.3, 0.4) is 0 Å². The molecular formula is C21H19F3N6O2. The average molecular weight is 444 g/mol. The van der Waals surface area contributed by atoms with Crippen molar-refractivity contribution in [2.75, 3.05) is 11.1 Å². The summed E-state index contributed by atoms with van der Waals surface area (Å²) in [7, 11) is 0. The van der Waals surface area contributed by atoms with E-state index in [0.29, 0.717) is 17.7 Å². The molecule has 2 atom stereocenters. The molecule has 32 heavy (non-hydrogen) atoms. The Morgan fingerprint density at radius 2 is 1.91 bits per heavy atom. The Morgan fingerprint density at radius 1 is 1.22 bits per heavy atom. The van der Waals surface area contributed by atoms with E-state index in [9.17, 15) is 22.8 Å². The standard InChI is InChI=1S/C21H19F3N6O2/c1-10-7-15(29-20(25)27-10)19(32)28-16-9-26-30-11(2)8-14(18(31)17(16)30)12-3-5-13(6-4-12)21(22,23)24/h3-7,9,11,14H,8H2,1-2H3,(H,28,32)(H2,25,27,29)/t11-,14?/m0/s1. The number of hydrogen-bond acceptors (Lipinski definition) is 6. The van der Waals surface area contributed by atoms with Gasteiger partial charge in [-0.25, -0.2) is 9.97 Å². The number of aryl methyl sites for hydroxylation is 1. The van der Waals surface area contributed by atoms with Crippen LogP contribution in [0.5, 0.6) is 0 Å². The van der Waals surface area contributed by atoms with Crippen LogP contribution in [0.1, 0.15) is 63.1 Å². The molecule has 2 aromatic heterocycles. The van der Waals surface area contributed by atoms with Crippen LogP contribution in [-0.4, -0.2) is 31.4 Å². The van der Waals surface area contributed by atoms with E-state index < -0.39 is 23.6 Å². The summed E-state index contributed by atoms with van der Waals surface area (Å²) >= 11 is 0. The first-order chi connectivity index (χ1) is 15.0. The minimum absolute atomic E-state index is 0.0329. The second kappa shape index (κ2) is 7.74. The monoisotopic (exact) mass is 444 g/mol. The van der Waals surface area contributed by atoms with Crippen LogP contribution in [0.4, 0.5) is 24.8 Å². The lowest BCUT2D eigenvalue weighted by Crippen LogP contribution is -2.29. The molecule has 0 saturated heterocycles. The summed E-state index contributed by atoms with van der Waals surface area (Å²) in [6.45, 7) is 3.51. The summed E-state index contributed by atoms with van der Waals surface area (Å²) in [6, 6.07) is 5.80. The van der Waals surface area contributed by atoms with Crippen LogP contribution in [0.25, 0.3) is 0 Å². The zero-order chi connectivity index (χ0) is 23.2. The Bertz CT molecular complexity index is 1180. The number of aromatic nitrogens is 4. The van der Waals surface area contributed by atoms with Gasteiger partial charge in [-0.15, -0.1) is 0 Å². The minimum atomic E-state index is -4.46. The predicted octanol–water partition coefficient (Wildman–Crippen LogP) is 3.77. The van der Waals surface area contributed by atoms with Crippen molar-refractivity contribution in [1.29, 1.82) is 0 Å². The maximum atomic E-state index is 13.3. The molecule has 1 aromatic carbocycles. The number of amides is 1. The molecule has 0 spiro atoms. The summed E-state index contributed by atoms with van der Waals surface area (Å²) in [5.74, 6) is -1.65. The lowest BCUT2D eigenvalue weighted by atomic mass is 9.84. The molecular weight excluding hydrogens is 425 g/mol. The van der Waals surface area contributed by atoms with Gasteiger partial charge in [0.1, 0.15) is 11.4 Å².